The van der Waals surface area contributed by atoms with Crippen LogP contribution in [0.2, 0.25) is 0 Å². The summed E-state index contributed by atoms with van der Waals surface area (Å²) in [4.78, 5) is 29.9. The summed E-state index contributed by atoms with van der Waals surface area (Å²) in [6.45, 7) is 7.05. The first kappa shape index (κ1) is 31.6. The van der Waals surface area contributed by atoms with Crippen LogP contribution in [0.15, 0.2) is 109 Å². The van der Waals surface area contributed by atoms with Crippen molar-refractivity contribution in [1.82, 2.24) is 10.3 Å². The largest absolute Gasteiger partial charge is 0.468 e. The maximum absolute atomic E-state index is 13.0. The highest BCUT2D eigenvalue weighted by atomic mass is 16.5. The number of esters is 1. The van der Waals surface area contributed by atoms with Gasteiger partial charge in [-0.3, -0.25) is 14.6 Å². The molecule has 0 fully saturated rings. The highest BCUT2D eigenvalue weighted by molar-refractivity contribution is 5.98. The highest BCUT2D eigenvalue weighted by Crippen LogP contribution is 2.29. The van der Waals surface area contributed by atoms with Gasteiger partial charge in [0.05, 0.1) is 7.11 Å². The maximum atomic E-state index is 13.0. The Morgan fingerprint density at radius 2 is 1.49 bits per heavy atom. The summed E-state index contributed by atoms with van der Waals surface area (Å²) >= 11 is 0. The fraction of sp³-hybridized carbons (Fsp3) is 0.256. The van der Waals surface area contributed by atoms with Crippen LogP contribution in [0.4, 0.5) is 0 Å². The monoisotopic (exact) mass is 600 g/mol. The van der Waals surface area contributed by atoms with Gasteiger partial charge in [-0.05, 0) is 82.8 Å². The van der Waals surface area contributed by atoms with Gasteiger partial charge in [0, 0.05) is 18.0 Å². The van der Waals surface area contributed by atoms with Crippen molar-refractivity contribution >= 4 is 22.5 Å². The van der Waals surface area contributed by atoms with Crippen LogP contribution in [0, 0.1) is 0 Å². The molecule has 0 saturated heterocycles. The molecule has 1 unspecified atom stereocenters. The van der Waals surface area contributed by atoms with Gasteiger partial charge in [0.2, 0.25) is 0 Å². The third kappa shape index (κ3) is 8.43. The quantitative estimate of drug-likeness (QED) is 0.0881. The molecule has 5 rings (SSSR count). The Balaban J connectivity index is 1.13. The first-order valence-corrected chi connectivity index (χ1v) is 15.4. The predicted molar refractivity (Wildman–Crippen MR) is 180 cm³/mol. The summed E-state index contributed by atoms with van der Waals surface area (Å²) in [6.07, 6.45) is 3.10. The number of pyridine rings is 1. The van der Waals surface area contributed by atoms with Gasteiger partial charge in [0.25, 0.3) is 0 Å². The van der Waals surface area contributed by atoms with Crippen molar-refractivity contribution in [3.63, 3.8) is 0 Å². The van der Waals surface area contributed by atoms with E-state index in [9.17, 15) is 9.59 Å². The number of fused-ring (bicyclic) bond motifs is 1. The van der Waals surface area contributed by atoms with Crippen LogP contribution in [-0.2, 0) is 21.4 Å². The molecule has 6 heteroatoms. The molecule has 5 aromatic rings. The molecule has 0 saturated carbocycles. The van der Waals surface area contributed by atoms with Gasteiger partial charge in [0.1, 0.15) is 23.2 Å². The van der Waals surface area contributed by atoms with E-state index < -0.39 is 6.04 Å². The normalized spacial score (nSPS) is 12.1. The van der Waals surface area contributed by atoms with Crippen LogP contribution >= 0.6 is 0 Å². The Morgan fingerprint density at radius 3 is 2.18 bits per heavy atom. The fourth-order valence-electron chi connectivity index (χ4n) is 5.23. The van der Waals surface area contributed by atoms with E-state index in [1.165, 1.54) is 12.7 Å². The van der Waals surface area contributed by atoms with E-state index in [2.05, 4.69) is 67.5 Å². The number of ketones is 1. The molecule has 0 bridgehead atoms. The van der Waals surface area contributed by atoms with E-state index in [0.717, 1.165) is 33.2 Å². The van der Waals surface area contributed by atoms with Gasteiger partial charge in [-0.15, -0.1) is 0 Å². The third-order valence-corrected chi connectivity index (χ3v) is 7.89. The molecule has 1 aromatic heterocycles. The molecular weight excluding hydrogens is 560 g/mol. The van der Waals surface area contributed by atoms with Crippen molar-refractivity contribution in [2.24, 2.45) is 0 Å². The Bertz CT molecular complexity index is 1740. The summed E-state index contributed by atoms with van der Waals surface area (Å²) < 4.78 is 11.1. The Kier molecular flexibility index (Phi) is 10.1. The zero-order chi connectivity index (χ0) is 31.8. The molecule has 0 aliphatic heterocycles. The smallest absolute Gasteiger partial charge is 0.323 e. The van der Waals surface area contributed by atoms with Crippen LogP contribution in [0.5, 0.6) is 11.5 Å². The summed E-state index contributed by atoms with van der Waals surface area (Å²) in [6, 6.07) is 33.6. The van der Waals surface area contributed by atoms with Crippen molar-refractivity contribution < 1.29 is 19.1 Å². The second-order valence-corrected chi connectivity index (χ2v) is 12.3. The van der Waals surface area contributed by atoms with Crippen molar-refractivity contribution in [3.8, 4) is 22.6 Å². The lowest BCUT2D eigenvalue weighted by Crippen LogP contribution is -2.40. The Labute approximate surface area is 265 Å². The molecule has 0 spiro atoms. The minimum Gasteiger partial charge on any atom is -0.468 e. The summed E-state index contributed by atoms with van der Waals surface area (Å²) in [5.41, 5.74) is 5.06. The van der Waals surface area contributed by atoms with Crippen molar-refractivity contribution in [1.29, 1.82) is 0 Å². The number of Topliss-reactive ketones (excluding diaryl/α,β-unsaturated/α-hetero) is 1. The number of aromatic nitrogens is 1. The number of carbonyl (C=O) groups is 2. The average molecular weight is 601 g/mol. The first-order chi connectivity index (χ1) is 21.7. The Morgan fingerprint density at radius 1 is 0.800 bits per heavy atom. The third-order valence-electron chi connectivity index (χ3n) is 7.89. The minimum absolute atomic E-state index is 0.0379. The number of hydrogen-bond acceptors (Lipinski definition) is 6. The summed E-state index contributed by atoms with van der Waals surface area (Å²) in [5, 5.41) is 5.10. The lowest BCUT2D eigenvalue weighted by molar-refractivity contribution is -0.143. The van der Waals surface area contributed by atoms with Crippen molar-refractivity contribution in [2.75, 3.05) is 13.7 Å². The second-order valence-electron chi connectivity index (χ2n) is 12.3. The van der Waals surface area contributed by atoms with E-state index in [1.807, 2.05) is 66.7 Å². The summed E-state index contributed by atoms with van der Waals surface area (Å²) in [7, 11) is 1.39. The van der Waals surface area contributed by atoms with E-state index in [0.29, 0.717) is 37.3 Å². The Hall–Kier alpha value is -4.81. The van der Waals surface area contributed by atoms with E-state index in [-0.39, 0.29) is 17.2 Å². The highest BCUT2D eigenvalue weighted by Gasteiger charge is 2.19. The molecule has 0 aliphatic carbocycles. The number of nitrogens with zero attached hydrogens (tertiary/aromatic N) is 1. The number of methoxy groups -OCH3 is 1. The van der Waals surface area contributed by atoms with E-state index in [4.69, 9.17) is 9.47 Å². The van der Waals surface area contributed by atoms with Crippen LogP contribution < -0.4 is 10.1 Å². The lowest BCUT2D eigenvalue weighted by Gasteiger charge is -2.19. The van der Waals surface area contributed by atoms with E-state index >= 15 is 0 Å². The van der Waals surface area contributed by atoms with Crippen LogP contribution in [0.25, 0.3) is 21.9 Å². The topological polar surface area (TPSA) is 77.5 Å². The second kappa shape index (κ2) is 14.3. The van der Waals surface area contributed by atoms with Crippen molar-refractivity contribution in [3.05, 3.63) is 126 Å². The fourth-order valence-corrected chi connectivity index (χ4v) is 5.23. The number of nitrogens with one attached hydrogen (secondary N) is 1. The molecule has 1 atom stereocenters. The zero-order valence-electron chi connectivity index (χ0n) is 26.4. The molecule has 4 aromatic carbocycles. The SMILES string of the molecule is COC(=O)C(Cc1ccc(-c2ccccc2)cc1)NCCCC(=O)c1cc2ccc(Oc3ccc(C(C)(C)C)cc3)cc2cn1. The van der Waals surface area contributed by atoms with Crippen LogP contribution in [-0.4, -0.2) is 36.4 Å². The van der Waals surface area contributed by atoms with Gasteiger partial charge in [-0.1, -0.05) is 93.6 Å². The number of carbonyl (C=O) groups excluding carboxylic acids is 2. The summed E-state index contributed by atoms with van der Waals surface area (Å²) in [5.74, 6) is 1.12. The molecule has 0 amide bonds. The molecular formula is C39H40N2O4. The molecule has 0 aliphatic rings. The van der Waals surface area contributed by atoms with Crippen molar-refractivity contribution in [2.45, 2.75) is 51.5 Å². The first-order valence-electron chi connectivity index (χ1n) is 15.4. The van der Waals surface area contributed by atoms with Gasteiger partial charge < -0.3 is 14.8 Å². The van der Waals surface area contributed by atoms with Gasteiger partial charge in [-0.2, -0.15) is 0 Å². The minimum atomic E-state index is -0.501. The molecule has 6 nitrogen and oxygen atoms in total. The maximum Gasteiger partial charge on any atom is 0.323 e. The van der Waals surface area contributed by atoms with Crippen LogP contribution in [0.1, 0.15) is 55.2 Å². The van der Waals surface area contributed by atoms with Gasteiger partial charge in [-0.25, -0.2) is 0 Å². The number of rotatable bonds is 12. The van der Waals surface area contributed by atoms with E-state index in [1.54, 1.807) is 6.20 Å². The lowest BCUT2D eigenvalue weighted by atomic mass is 9.87. The molecule has 230 valence electrons. The number of hydrogen-bond donors (Lipinski definition) is 1. The molecule has 0 radical (unpaired) electrons. The number of ether oxygens (including phenoxy) is 2. The van der Waals surface area contributed by atoms with Gasteiger partial charge in [0.15, 0.2) is 5.78 Å². The zero-order valence-corrected chi connectivity index (χ0v) is 26.4. The molecule has 1 heterocycles. The average Bonchev–Trinajstić information content (AvgIpc) is 3.06. The van der Waals surface area contributed by atoms with Gasteiger partial charge >= 0.3 is 5.97 Å². The standard InChI is InChI=1S/C39H40N2O4/c1-39(2,3)32-17-20-33(21-18-32)45-34-19-16-30-25-35(41-26-31(30)24-34)37(42)11-8-22-40-36(38(43)44-4)23-27-12-14-29(15-13-27)28-9-6-5-7-10-28/h5-7,9-10,12-21,24-26,36,40H,8,11,22-23H2,1-4H3. The molecule has 1 N–H and O–H groups in total. The predicted octanol–water partition coefficient (Wildman–Crippen LogP) is 8.33. The number of benzene rings is 4. The molecule has 45 heavy (non-hydrogen) atoms. The van der Waals surface area contributed by atoms with Crippen LogP contribution in [0.3, 0.4) is 0 Å².